The largest absolute Gasteiger partial charge is 0.306 e. The quantitative estimate of drug-likeness (QED) is 0.712. The molecule has 1 heterocycles. The van der Waals surface area contributed by atoms with Gasteiger partial charge < -0.3 is 9.80 Å². The molecule has 0 radical (unpaired) electrons. The van der Waals surface area contributed by atoms with Gasteiger partial charge in [-0.25, -0.2) is 0 Å². The van der Waals surface area contributed by atoms with Gasteiger partial charge in [0, 0.05) is 6.54 Å². The molecule has 0 aromatic rings. The Hall–Kier alpha value is -0.0800. The fraction of sp³-hybridized carbons (Fsp3) is 1.00. The van der Waals surface area contributed by atoms with Crippen molar-refractivity contribution in [2.75, 3.05) is 39.8 Å². The second kappa shape index (κ2) is 12.0. The van der Waals surface area contributed by atoms with Gasteiger partial charge in [-0.1, -0.05) is 40.5 Å². The maximum absolute atomic E-state index is 2.64. The van der Waals surface area contributed by atoms with Crippen molar-refractivity contribution < 1.29 is 0 Å². The van der Waals surface area contributed by atoms with Crippen LogP contribution >= 0.6 is 0 Å². The molecule has 110 valence electrons. The zero-order valence-corrected chi connectivity index (χ0v) is 13.5. The van der Waals surface area contributed by atoms with Crippen molar-refractivity contribution in [1.29, 1.82) is 0 Å². The topological polar surface area (TPSA) is 6.48 Å². The summed E-state index contributed by atoms with van der Waals surface area (Å²) in [5, 5.41) is 0. The van der Waals surface area contributed by atoms with Crippen molar-refractivity contribution in [2.24, 2.45) is 5.92 Å². The van der Waals surface area contributed by atoms with Gasteiger partial charge in [0.25, 0.3) is 0 Å². The average molecular weight is 256 g/mol. The van der Waals surface area contributed by atoms with Crippen LogP contribution in [0.3, 0.4) is 0 Å². The van der Waals surface area contributed by atoms with Crippen LogP contribution in [0.1, 0.15) is 59.8 Å². The molecule has 0 bridgehead atoms. The number of nitrogens with zero attached hydrogens (tertiary/aromatic N) is 2. The highest BCUT2D eigenvalue weighted by molar-refractivity contribution is 4.73. The van der Waals surface area contributed by atoms with Gasteiger partial charge in [-0.3, -0.25) is 0 Å². The molecule has 1 rings (SSSR count). The molecule has 0 aromatic heterocycles. The minimum Gasteiger partial charge on any atom is -0.306 e. The van der Waals surface area contributed by atoms with E-state index in [1.807, 2.05) is 0 Å². The van der Waals surface area contributed by atoms with Gasteiger partial charge in [-0.2, -0.15) is 0 Å². The summed E-state index contributed by atoms with van der Waals surface area (Å²) in [7, 11) is 2.24. The Morgan fingerprint density at radius 2 is 1.61 bits per heavy atom. The first kappa shape index (κ1) is 17.9. The highest BCUT2D eigenvalue weighted by atomic mass is 15.1. The molecule has 18 heavy (non-hydrogen) atoms. The Morgan fingerprint density at radius 1 is 1.06 bits per heavy atom. The molecule has 2 heteroatoms. The Labute approximate surface area is 116 Å². The number of likely N-dealkylation sites (tertiary alicyclic amines) is 1. The summed E-state index contributed by atoms with van der Waals surface area (Å²) in [5.74, 6) is 0.952. The number of rotatable bonds is 6. The summed E-state index contributed by atoms with van der Waals surface area (Å²) in [6, 6.07) is 0. The third-order valence-electron chi connectivity index (χ3n) is 3.64. The molecule has 0 aromatic carbocycles. The Morgan fingerprint density at radius 3 is 2.06 bits per heavy atom. The molecule has 1 fully saturated rings. The first-order valence-electron chi connectivity index (χ1n) is 8.08. The zero-order chi connectivity index (χ0) is 13.8. The van der Waals surface area contributed by atoms with Crippen molar-refractivity contribution in [3.05, 3.63) is 0 Å². The van der Waals surface area contributed by atoms with Gasteiger partial charge in [0.2, 0.25) is 0 Å². The predicted octanol–water partition coefficient (Wildman–Crippen LogP) is 3.87. The van der Waals surface area contributed by atoms with E-state index in [-0.39, 0.29) is 0 Å². The van der Waals surface area contributed by atoms with Crippen LogP contribution < -0.4 is 0 Å². The molecule has 0 spiro atoms. The van der Waals surface area contributed by atoms with Crippen LogP contribution in [0.25, 0.3) is 0 Å². The monoisotopic (exact) mass is 256 g/mol. The fourth-order valence-corrected chi connectivity index (χ4v) is 2.34. The van der Waals surface area contributed by atoms with Gasteiger partial charge in [0.05, 0.1) is 0 Å². The Kier molecular flexibility index (Phi) is 11.9. The summed E-state index contributed by atoms with van der Waals surface area (Å²) in [4.78, 5) is 5.10. The lowest BCUT2D eigenvalue weighted by molar-refractivity contribution is 0.155. The van der Waals surface area contributed by atoms with Crippen LogP contribution in [0, 0.1) is 5.92 Å². The van der Waals surface area contributed by atoms with Crippen molar-refractivity contribution in [1.82, 2.24) is 9.80 Å². The maximum Gasteiger partial charge on any atom is 0.000744 e. The lowest BCUT2D eigenvalue weighted by Gasteiger charge is -2.33. The van der Waals surface area contributed by atoms with Crippen molar-refractivity contribution in [3.63, 3.8) is 0 Å². The molecule has 0 unspecified atom stereocenters. The van der Waals surface area contributed by atoms with Crippen molar-refractivity contribution in [3.8, 4) is 0 Å². The van der Waals surface area contributed by atoms with E-state index in [0.29, 0.717) is 0 Å². The molecule has 0 N–H and O–H groups in total. The number of hydrogen-bond donors (Lipinski definition) is 0. The van der Waals surface area contributed by atoms with Crippen LogP contribution in [-0.4, -0.2) is 49.6 Å². The minimum absolute atomic E-state index is 0.952. The smallest absolute Gasteiger partial charge is 0.000744 e. The first-order valence-corrected chi connectivity index (χ1v) is 8.08. The molecule has 0 aliphatic carbocycles. The molecular formula is C16H36N2. The van der Waals surface area contributed by atoms with E-state index in [4.69, 9.17) is 0 Å². The summed E-state index contributed by atoms with van der Waals surface area (Å²) in [5.41, 5.74) is 0. The number of piperidine rings is 1. The Balaban J connectivity index is 0.000000873. The third kappa shape index (κ3) is 8.93. The van der Waals surface area contributed by atoms with E-state index in [1.165, 1.54) is 64.8 Å². The van der Waals surface area contributed by atoms with Gasteiger partial charge in [-0.05, 0) is 58.4 Å². The van der Waals surface area contributed by atoms with Gasteiger partial charge >= 0.3 is 0 Å². The summed E-state index contributed by atoms with van der Waals surface area (Å²) in [6.07, 6.45) is 6.78. The lowest BCUT2D eigenvalue weighted by Crippen LogP contribution is -2.38. The lowest BCUT2D eigenvalue weighted by atomic mass is 9.96. The molecular weight excluding hydrogens is 220 g/mol. The maximum atomic E-state index is 2.64. The van der Waals surface area contributed by atoms with Crippen molar-refractivity contribution >= 4 is 0 Å². The van der Waals surface area contributed by atoms with E-state index in [2.05, 4.69) is 44.5 Å². The fourth-order valence-electron chi connectivity index (χ4n) is 2.34. The normalized spacial score (nSPS) is 17.7. The highest BCUT2D eigenvalue weighted by Gasteiger charge is 2.19. The van der Waals surface area contributed by atoms with E-state index < -0.39 is 0 Å². The predicted molar refractivity (Wildman–Crippen MR) is 83.2 cm³/mol. The average Bonchev–Trinajstić information content (AvgIpc) is 2.39. The van der Waals surface area contributed by atoms with E-state index in [1.54, 1.807) is 0 Å². The second-order valence-corrected chi connectivity index (χ2v) is 5.70. The number of hydrogen-bond acceptors (Lipinski definition) is 2. The van der Waals surface area contributed by atoms with E-state index in [9.17, 15) is 0 Å². The molecule has 1 aliphatic rings. The summed E-state index contributed by atoms with van der Waals surface area (Å²) < 4.78 is 0. The van der Waals surface area contributed by atoms with Crippen LogP contribution in [0.5, 0.6) is 0 Å². The third-order valence-corrected chi connectivity index (χ3v) is 3.64. The molecule has 1 saturated heterocycles. The zero-order valence-electron chi connectivity index (χ0n) is 13.5. The van der Waals surface area contributed by atoms with Crippen LogP contribution in [-0.2, 0) is 0 Å². The summed E-state index contributed by atoms with van der Waals surface area (Å²) in [6.45, 7) is 15.3. The van der Waals surface area contributed by atoms with Crippen molar-refractivity contribution in [2.45, 2.75) is 59.8 Å². The molecule has 0 atom stereocenters. The van der Waals surface area contributed by atoms with Gasteiger partial charge in [0.15, 0.2) is 0 Å². The molecule has 0 amide bonds. The molecule has 1 aliphatic heterocycles. The van der Waals surface area contributed by atoms with Crippen LogP contribution in [0.4, 0.5) is 0 Å². The Bertz CT molecular complexity index is 162. The second-order valence-electron chi connectivity index (χ2n) is 5.70. The van der Waals surface area contributed by atoms with Gasteiger partial charge in [0.1, 0.15) is 0 Å². The van der Waals surface area contributed by atoms with E-state index in [0.717, 1.165) is 5.92 Å². The standard InChI is InChI=1S/C13H28N2.C3H8/c1-4-6-9-15-10-7-13(8-11-15)12-14(3)5-2;1-3-2/h13H,4-12H2,1-3H3;3H2,1-2H3. The minimum atomic E-state index is 0.952. The van der Waals surface area contributed by atoms with Crippen LogP contribution in [0.2, 0.25) is 0 Å². The number of unbranched alkanes of at least 4 members (excludes halogenated alkanes) is 1. The first-order chi connectivity index (χ1) is 8.67. The SMILES string of the molecule is CCC.CCCCN1CCC(CN(C)CC)CC1. The molecule has 2 nitrogen and oxygen atoms in total. The van der Waals surface area contributed by atoms with Crippen LogP contribution in [0.15, 0.2) is 0 Å². The van der Waals surface area contributed by atoms with Gasteiger partial charge in [-0.15, -0.1) is 0 Å². The highest BCUT2D eigenvalue weighted by Crippen LogP contribution is 2.18. The van der Waals surface area contributed by atoms with E-state index >= 15 is 0 Å². The molecule has 0 saturated carbocycles. The summed E-state index contributed by atoms with van der Waals surface area (Å²) >= 11 is 0.